The van der Waals surface area contributed by atoms with Gasteiger partial charge in [0.1, 0.15) is 17.7 Å². The van der Waals surface area contributed by atoms with Gasteiger partial charge in [-0.2, -0.15) is 0 Å². The third kappa shape index (κ3) is 12.8. The fourth-order valence-electron chi connectivity index (χ4n) is 3.95. The molecular formula is C32H45N3O8. The van der Waals surface area contributed by atoms with Crippen LogP contribution in [0.25, 0.3) is 0 Å². The molecule has 11 nitrogen and oxygen atoms in total. The van der Waals surface area contributed by atoms with Crippen LogP contribution in [0.3, 0.4) is 0 Å². The van der Waals surface area contributed by atoms with Gasteiger partial charge >= 0.3 is 12.1 Å². The zero-order chi connectivity index (χ0) is 32.0. The van der Waals surface area contributed by atoms with Crippen molar-refractivity contribution < 1.29 is 38.1 Å². The molecule has 0 aliphatic rings. The van der Waals surface area contributed by atoms with Crippen molar-refractivity contribution in [1.29, 1.82) is 0 Å². The first-order chi connectivity index (χ1) is 20.3. The van der Waals surface area contributed by atoms with Crippen LogP contribution in [0.2, 0.25) is 0 Å². The average molecular weight is 600 g/mol. The van der Waals surface area contributed by atoms with Crippen molar-refractivity contribution >= 4 is 23.9 Å². The molecule has 3 N–H and O–H groups in total. The summed E-state index contributed by atoms with van der Waals surface area (Å²) in [6.45, 7) is 10.5. The molecular weight excluding hydrogens is 554 g/mol. The molecule has 236 valence electrons. The number of nitrogens with one attached hydrogen (secondary N) is 3. The molecule has 0 fully saturated rings. The van der Waals surface area contributed by atoms with Gasteiger partial charge in [0.2, 0.25) is 11.8 Å². The lowest BCUT2D eigenvalue weighted by Gasteiger charge is -2.30. The lowest BCUT2D eigenvalue weighted by atomic mass is 10.0. The van der Waals surface area contributed by atoms with Gasteiger partial charge in [0, 0.05) is 0 Å². The summed E-state index contributed by atoms with van der Waals surface area (Å²) in [6.07, 6.45) is -1.60. The van der Waals surface area contributed by atoms with Crippen LogP contribution >= 0.6 is 0 Å². The van der Waals surface area contributed by atoms with Crippen LogP contribution in [0.5, 0.6) is 0 Å². The second-order valence-electron chi connectivity index (χ2n) is 11.4. The minimum Gasteiger partial charge on any atom is -0.467 e. The number of carbonyl (C=O) groups excluding carboxylic acids is 4. The van der Waals surface area contributed by atoms with Gasteiger partial charge in [-0.3, -0.25) is 9.59 Å². The van der Waals surface area contributed by atoms with Crippen LogP contribution in [0.15, 0.2) is 60.7 Å². The van der Waals surface area contributed by atoms with E-state index in [0.29, 0.717) is 0 Å². The predicted octanol–water partition coefficient (Wildman–Crippen LogP) is 3.50. The Bertz CT molecular complexity index is 1170. The topological polar surface area (TPSA) is 141 Å². The molecule has 0 aliphatic heterocycles. The van der Waals surface area contributed by atoms with E-state index in [1.54, 1.807) is 41.5 Å². The van der Waals surface area contributed by atoms with Crippen molar-refractivity contribution in [3.63, 3.8) is 0 Å². The number of ether oxygens (including phenoxy) is 4. The van der Waals surface area contributed by atoms with E-state index in [9.17, 15) is 19.2 Å². The summed E-state index contributed by atoms with van der Waals surface area (Å²) in [5.41, 5.74) is 0.992. The summed E-state index contributed by atoms with van der Waals surface area (Å²) >= 11 is 0. The first-order valence-corrected chi connectivity index (χ1v) is 14.3. The minimum atomic E-state index is -1.24. The van der Waals surface area contributed by atoms with Gasteiger partial charge in [0.15, 0.2) is 6.04 Å². The summed E-state index contributed by atoms with van der Waals surface area (Å²) in [5.74, 6) is -2.36. The Hall–Kier alpha value is -3.96. The maximum atomic E-state index is 13.6. The van der Waals surface area contributed by atoms with E-state index in [0.717, 1.165) is 11.1 Å². The lowest BCUT2D eigenvalue weighted by molar-refractivity contribution is -0.148. The summed E-state index contributed by atoms with van der Waals surface area (Å²) in [7, 11) is 1.21. The SMILES string of the molecule is COC(=O)[C@H](COCc1ccccc1)NC(=O)[C@@H](NC(=O)[C@@H](NC(=O)OC(C)(C)C)C(C)C)[C@@H](C)OCc1ccccc1. The Balaban J connectivity index is 2.21. The number of carbonyl (C=O) groups is 4. The number of methoxy groups -OCH3 is 1. The third-order valence-electron chi connectivity index (χ3n) is 6.22. The second kappa shape index (κ2) is 17.2. The zero-order valence-corrected chi connectivity index (χ0v) is 26.0. The first kappa shape index (κ1) is 35.2. The van der Waals surface area contributed by atoms with Crippen LogP contribution in [0, 0.1) is 5.92 Å². The highest BCUT2D eigenvalue weighted by Crippen LogP contribution is 2.12. The normalized spacial score (nSPS) is 14.1. The molecule has 2 rings (SSSR count). The van der Waals surface area contributed by atoms with Gasteiger partial charge < -0.3 is 34.9 Å². The standard InChI is InChI=1S/C32H45N3O8/c1-21(2)26(35-31(39)43-32(4,5)6)28(36)34-27(22(3)42-19-24-16-12-9-13-17-24)29(37)33-25(30(38)40-7)20-41-18-23-14-10-8-11-15-23/h8-17,21-22,25-27H,18-20H2,1-7H3,(H,33,37)(H,34,36)(H,35,39)/t22-,25+,26+,27+/m1/s1. The van der Waals surface area contributed by atoms with Gasteiger partial charge in [-0.15, -0.1) is 0 Å². The van der Waals surface area contributed by atoms with Crippen LogP contribution in [-0.4, -0.2) is 67.4 Å². The summed E-state index contributed by atoms with van der Waals surface area (Å²) in [4.78, 5) is 52.1. The fraction of sp³-hybridized carbons (Fsp3) is 0.500. The molecule has 2 aromatic rings. The molecule has 3 amide bonds. The average Bonchev–Trinajstić information content (AvgIpc) is 2.96. The Kier molecular flexibility index (Phi) is 14.1. The van der Waals surface area contributed by atoms with E-state index in [2.05, 4.69) is 16.0 Å². The number of rotatable bonds is 15. The highest BCUT2D eigenvalue weighted by atomic mass is 16.6. The molecule has 0 aliphatic carbocycles. The quantitative estimate of drug-likeness (QED) is 0.264. The molecule has 0 aromatic heterocycles. The molecule has 0 radical (unpaired) electrons. The van der Waals surface area contributed by atoms with Crippen LogP contribution < -0.4 is 16.0 Å². The van der Waals surface area contributed by atoms with Gasteiger partial charge in [-0.05, 0) is 44.7 Å². The molecule has 0 spiro atoms. The first-order valence-electron chi connectivity index (χ1n) is 14.3. The Morgan fingerprint density at radius 2 is 1.28 bits per heavy atom. The van der Waals surface area contributed by atoms with E-state index in [1.165, 1.54) is 7.11 Å². The predicted molar refractivity (Wildman–Crippen MR) is 161 cm³/mol. The Morgan fingerprint density at radius 3 is 1.79 bits per heavy atom. The lowest BCUT2D eigenvalue weighted by Crippen LogP contribution is -2.60. The van der Waals surface area contributed by atoms with Crippen molar-refractivity contribution in [3.05, 3.63) is 71.8 Å². The van der Waals surface area contributed by atoms with E-state index in [1.807, 2.05) is 60.7 Å². The highest BCUT2D eigenvalue weighted by Gasteiger charge is 2.35. The van der Waals surface area contributed by atoms with Crippen molar-refractivity contribution in [3.8, 4) is 0 Å². The number of hydrogen-bond acceptors (Lipinski definition) is 8. The molecule has 0 bridgehead atoms. The molecule has 0 heterocycles. The van der Waals surface area contributed by atoms with E-state index in [-0.39, 0.29) is 25.7 Å². The van der Waals surface area contributed by atoms with Crippen LogP contribution in [-0.2, 0) is 46.5 Å². The van der Waals surface area contributed by atoms with Gasteiger partial charge in [0.25, 0.3) is 0 Å². The minimum absolute atomic E-state index is 0.165. The van der Waals surface area contributed by atoms with Crippen molar-refractivity contribution in [2.24, 2.45) is 5.92 Å². The number of amides is 3. The molecule has 4 atom stereocenters. The molecule has 11 heteroatoms. The summed E-state index contributed by atoms with van der Waals surface area (Å²) in [5, 5.41) is 7.93. The largest absolute Gasteiger partial charge is 0.467 e. The molecule has 0 unspecified atom stereocenters. The molecule has 0 saturated carbocycles. The van der Waals surface area contributed by atoms with Gasteiger partial charge in [-0.25, -0.2) is 9.59 Å². The third-order valence-corrected chi connectivity index (χ3v) is 6.22. The smallest absolute Gasteiger partial charge is 0.408 e. The van der Waals surface area contributed by atoms with E-state index < -0.39 is 53.7 Å². The summed E-state index contributed by atoms with van der Waals surface area (Å²) in [6, 6.07) is 15.3. The monoisotopic (exact) mass is 599 g/mol. The molecule has 0 saturated heterocycles. The highest BCUT2D eigenvalue weighted by molar-refractivity contribution is 5.93. The van der Waals surface area contributed by atoms with Crippen LogP contribution in [0.4, 0.5) is 4.79 Å². The van der Waals surface area contributed by atoms with Crippen LogP contribution in [0.1, 0.15) is 52.7 Å². The maximum absolute atomic E-state index is 13.6. The number of esters is 1. The zero-order valence-electron chi connectivity index (χ0n) is 26.0. The van der Waals surface area contributed by atoms with Gasteiger partial charge in [0.05, 0.1) is 33.0 Å². The number of hydrogen-bond donors (Lipinski definition) is 3. The molecule has 2 aromatic carbocycles. The Labute approximate surface area is 254 Å². The number of alkyl carbamates (subject to hydrolysis) is 1. The maximum Gasteiger partial charge on any atom is 0.408 e. The fourth-order valence-corrected chi connectivity index (χ4v) is 3.95. The van der Waals surface area contributed by atoms with Crippen molar-refractivity contribution in [1.82, 2.24) is 16.0 Å². The van der Waals surface area contributed by atoms with Crippen molar-refractivity contribution in [2.75, 3.05) is 13.7 Å². The summed E-state index contributed by atoms with van der Waals surface area (Å²) < 4.78 is 21.9. The Morgan fingerprint density at radius 1 is 0.744 bits per heavy atom. The molecule has 43 heavy (non-hydrogen) atoms. The van der Waals surface area contributed by atoms with Crippen molar-refractivity contribution in [2.45, 2.75) is 84.6 Å². The van der Waals surface area contributed by atoms with E-state index >= 15 is 0 Å². The van der Waals surface area contributed by atoms with Gasteiger partial charge in [-0.1, -0.05) is 74.5 Å². The second-order valence-corrected chi connectivity index (χ2v) is 11.4. The number of benzene rings is 2. The van der Waals surface area contributed by atoms with E-state index in [4.69, 9.17) is 18.9 Å².